The van der Waals surface area contributed by atoms with Gasteiger partial charge in [-0.05, 0) is 60.2 Å². The van der Waals surface area contributed by atoms with Gasteiger partial charge in [0.1, 0.15) is 17.2 Å². The van der Waals surface area contributed by atoms with E-state index in [0.29, 0.717) is 28.3 Å². The molecule has 0 aliphatic rings. The molecule has 3 rings (SSSR count). The number of ether oxygens (including phenoxy) is 2. The molecule has 32 heavy (non-hydrogen) atoms. The molecule has 0 bridgehead atoms. The average Bonchev–Trinajstić information content (AvgIpc) is 2.80. The van der Waals surface area contributed by atoms with Crippen LogP contribution >= 0.6 is 0 Å². The van der Waals surface area contributed by atoms with Crippen LogP contribution in [0.3, 0.4) is 0 Å². The third-order valence-electron chi connectivity index (χ3n) is 4.33. The highest BCUT2D eigenvalue weighted by molar-refractivity contribution is 6.10. The molecule has 7 heteroatoms. The molecule has 0 saturated heterocycles. The number of nitrogens with one attached hydrogen (secondary N) is 2. The third-order valence-corrected chi connectivity index (χ3v) is 4.33. The van der Waals surface area contributed by atoms with E-state index in [1.807, 2.05) is 0 Å². The Kier molecular flexibility index (Phi) is 7.37. The molecule has 7 nitrogen and oxygen atoms in total. The number of methoxy groups -OCH3 is 1. The van der Waals surface area contributed by atoms with Crippen LogP contribution in [0.2, 0.25) is 0 Å². The van der Waals surface area contributed by atoms with Gasteiger partial charge in [-0.2, -0.15) is 0 Å². The van der Waals surface area contributed by atoms with Crippen molar-refractivity contribution >= 4 is 29.5 Å². The Morgan fingerprint density at radius 3 is 2.03 bits per heavy atom. The smallest absolute Gasteiger partial charge is 0.308 e. The van der Waals surface area contributed by atoms with Gasteiger partial charge in [0, 0.05) is 18.2 Å². The number of anilines is 1. The monoisotopic (exact) mass is 430 g/mol. The van der Waals surface area contributed by atoms with E-state index in [-0.39, 0.29) is 5.70 Å². The zero-order valence-electron chi connectivity index (χ0n) is 17.6. The molecular weight excluding hydrogens is 408 g/mol. The molecule has 2 amide bonds. The summed E-state index contributed by atoms with van der Waals surface area (Å²) >= 11 is 0. The first kappa shape index (κ1) is 22.3. The molecular formula is C25H22N2O5. The summed E-state index contributed by atoms with van der Waals surface area (Å²) in [5.74, 6) is -0.305. The summed E-state index contributed by atoms with van der Waals surface area (Å²) in [6.07, 6.45) is 1.54. The van der Waals surface area contributed by atoms with E-state index in [0.717, 1.165) is 0 Å². The molecule has 0 heterocycles. The number of carbonyl (C=O) groups excluding carboxylic acids is 3. The SMILES string of the molecule is COc1ccc(NC(=O)C(=Cc2ccc(OC(C)=O)cc2)NC(=O)c2ccccc2)cc1. The fourth-order valence-corrected chi connectivity index (χ4v) is 2.78. The zero-order chi connectivity index (χ0) is 22.9. The van der Waals surface area contributed by atoms with E-state index < -0.39 is 17.8 Å². The quantitative estimate of drug-likeness (QED) is 0.335. The first-order chi connectivity index (χ1) is 15.4. The van der Waals surface area contributed by atoms with Gasteiger partial charge in [0.2, 0.25) is 0 Å². The van der Waals surface area contributed by atoms with Gasteiger partial charge in [-0.25, -0.2) is 0 Å². The molecule has 3 aromatic carbocycles. The summed E-state index contributed by atoms with van der Waals surface area (Å²) in [5.41, 5.74) is 1.64. The molecule has 3 aromatic rings. The second-order valence-corrected chi connectivity index (χ2v) is 6.72. The van der Waals surface area contributed by atoms with Crippen LogP contribution in [0.4, 0.5) is 5.69 Å². The molecule has 0 radical (unpaired) electrons. The van der Waals surface area contributed by atoms with Gasteiger partial charge >= 0.3 is 5.97 Å². The summed E-state index contributed by atoms with van der Waals surface area (Å²) in [7, 11) is 1.56. The van der Waals surface area contributed by atoms with E-state index in [1.165, 1.54) is 13.0 Å². The van der Waals surface area contributed by atoms with E-state index >= 15 is 0 Å². The van der Waals surface area contributed by atoms with Crippen molar-refractivity contribution in [2.45, 2.75) is 6.92 Å². The zero-order valence-corrected chi connectivity index (χ0v) is 17.6. The highest BCUT2D eigenvalue weighted by atomic mass is 16.5. The maximum Gasteiger partial charge on any atom is 0.308 e. The average molecular weight is 430 g/mol. The lowest BCUT2D eigenvalue weighted by molar-refractivity contribution is -0.131. The van der Waals surface area contributed by atoms with Crippen molar-refractivity contribution in [2.75, 3.05) is 12.4 Å². The summed E-state index contributed by atoms with van der Waals surface area (Å²) in [4.78, 5) is 36.7. The van der Waals surface area contributed by atoms with Crippen LogP contribution in [-0.4, -0.2) is 24.9 Å². The minimum Gasteiger partial charge on any atom is -0.497 e. The van der Waals surface area contributed by atoms with Gasteiger partial charge in [0.25, 0.3) is 11.8 Å². The van der Waals surface area contributed by atoms with Crippen molar-refractivity contribution in [2.24, 2.45) is 0 Å². The van der Waals surface area contributed by atoms with Crippen LogP contribution in [-0.2, 0) is 9.59 Å². The lowest BCUT2D eigenvalue weighted by atomic mass is 10.1. The van der Waals surface area contributed by atoms with E-state index in [9.17, 15) is 14.4 Å². The molecule has 0 saturated carbocycles. The first-order valence-corrected chi connectivity index (χ1v) is 9.76. The first-order valence-electron chi connectivity index (χ1n) is 9.76. The van der Waals surface area contributed by atoms with Gasteiger partial charge < -0.3 is 20.1 Å². The summed E-state index contributed by atoms with van der Waals surface area (Å²) in [6.45, 7) is 1.31. The molecule has 162 valence electrons. The van der Waals surface area contributed by atoms with Gasteiger partial charge in [-0.15, -0.1) is 0 Å². The van der Waals surface area contributed by atoms with Crippen LogP contribution in [0.5, 0.6) is 11.5 Å². The largest absolute Gasteiger partial charge is 0.497 e. The fraction of sp³-hybridized carbons (Fsp3) is 0.0800. The highest BCUT2D eigenvalue weighted by Crippen LogP contribution is 2.18. The summed E-state index contributed by atoms with van der Waals surface area (Å²) in [5, 5.41) is 5.43. The maximum atomic E-state index is 13.0. The molecule has 0 unspecified atom stereocenters. The van der Waals surface area contributed by atoms with Crippen LogP contribution in [0.1, 0.15) is 22.8 Å². The maximum absolute atomic E-state index is 13.0. The number of benzene rings is 3. The molecule has 0 fully saturated rings. The standard InChI is InChI=1S/C25H22N2O5/c1-17(28)32-22-12-8-18(9-13-22)16-23(27-24(29)19-6-4-3-5-7-19)25(30)26-20-10-14-21(31-2)15-11-20/h3-16H,1-2H3,(H,26,30)(H,27,29). The third kappa shape index (κ3) is 6.30. The molecule has 0 atom stereocenters. The topological polar surface area (TPSA) is 93.7 Å². The summed E-state index contributed by atoms with van der Waals surface area (Å²) in [6, 6.07) is 22.0. The van der Waals surface area contributed by atoms with Crippen LogP contribution < -0.4 is 20.1 Å². The van der Waals surface area contributed by atoms with Gasteiger partial charge in [-0.3, -0.25) is 14.4 Å². The molecule has 0 aliphatic carbocycles. The van der Waals surface area contributed by atoms with E-state index in [4.69, 9.17) is 9.47 Å². The van der Waals surface area contributed by atoms with E-state index in [1.54, 1.807) is 86.0 Å². The lowest BCUT2D eigenvalue weighted by Gasteiger charge is -2.12. The van der Waals surface area contributed by atoms with Crippen molar-refractivity contribution in [3.05, 3.63) is 95.7 Å². The second kappa shape index (κ2) is 10.6. The highest BCUT2D eigenvalue weighted by Gasteiger charge is 2.15. The van der Waals surface area contributed by atoms with Crippen LogP contribution in [0, 0.1) is 0 Å². The molecule has 2 N–H and O–H groups in total. The normalized spacial score (nSPS) is 10.8. The molecule has 0 aliphatic heterocycles. The van der Waals surface area contributed by atoms with Crippen LogP contribution in [0.15, 0.2) is 84.6 Å². The Bertz CT molecular complexity index is 1120. The Hall–Kier alpha value is -4.39. The number of carbonyl (C=O) groups is 3. The van der Waals surface area contributed by atoms with Crippen molar-refractivity contribution in [3.63, 3.8) is 0 Å². The predicted molar refractivity (Wildman–Crippen MR) is 121 cm³/mol. The van der Waals surface area contributed by atoms with Gasteiger partial charge in [0.05, 0.1) is 7.11 Å². The predicted octanol–water partition coefficient (Wildman–Crippen LogP) is 4.03. The Morgan fingerprint density at radius 1 is 0.812 bits per heavy atom. The van der Waals surface area contributed by atoms with Crippen molar-refractivity contribution in [1.82, 2.24) is 5.32 Å². The van der Waals surface area contributed by atoms with E-state index in [2.05, 4.69) is 10.6 Å². The second-order valence-electron chi connectivity index (χ2n) is 6.72. The van der Waals surface area contributed by atoms with Crippen molar-refractivity contribution in [3.8, 4) is 11.5 Å². The van der Waals surface area contributed by atoms with Crippen molar-refractivity contribution < 1.29 is 23.9 Å². The molecule has 0 spiro atoms. The van der Waals surface area contributed by atoms with Crippen LogP contribution in [0.25, 0.3) is 6.08 Å². The van der Waals surface area contributed by atoms with Crippen molar-refractivity contribution in [1.29, 1.82) is 0 Å². The number of amides is 2. The summed E-state index contributed by atoms with van der Waals surface area (Å²) < 4.78 is 10.1. The number of esters is 1. The lowest BCUT2D eigenvalue weighted by Crippen LogP contribution is -2.30. The number of rotatable bonds is 7. The minimum atomic E-state index is -0.497. The fourth-order valence-electron chi connectivity index (χ4n) is 2.78. The Labute approximate surface area is 185 Å². The van der Waals surface area contributed by atoms with Gasteiger partial charge in [0.15, 0.2) is 0 Å². The number of hydrogen-bond acceptors (Lipinski definition) is 5. The number of hydrogen-bond donors (Lipinski definition) is 2. The Balaban J connectivity index is 1.85. The van der Waals surface area contributed by atoms with Gasteiger partial charge in [-0.1, -0.05) is 30.3 Å². The molecule has 0 aromatic heterocycles. The minimum absolute atomic E-state index is 0.0508. The Morgan fingerprint density at radius 2 is 1.44 bits per heavy atom.